The molecule has 0 N–H and O–H groups in total. The molecule has 0 spiro atoms. The SMILES string of the molecule is CN(C)N=NC1(S(=O)(=O)N=[N+]=[N-])C=CC=CC1. The van der Waals surface area contributed by atoms with Crippen molar-refractivity contribution in [2.75, 3.05) is 14.1 Å². The van der Waals surface area contributed by atoms with Crippen LogP contribution in [0.3, 0.4) is 0 Å². The van der Waals surface area contributed by atoms with E-state index >= 15 is 0 Å². The zero-order valence-corrected chi connectivity index (χ0v) is 10.2. The normalized spacial score (nSPS) is 23.6. The van der Waals surface area contributed by atoms with Crippen LogP contribution in [-0.2, 0) is 10.0 Å². The van der Waals surface area contributed by atoms with Gasteiger partial charge in [0.05, 0.1) is 0 Å². The van der Waals surface area contributed by atoms with Crippen LogP contribution in [0.1, 0.15) is 6.42 Å². The molecule has 1 atom stereocenters. The third-order valence-electron chi connectivity index (χ3n) is 2.00. The van der Waals surface area contributed by atoms with Gasteiger partial charge >= 0.3 is 0 Å². The van der Waals surface area contributed by atoms with Crippen LogP contribution in [0.25, 0.3) is 10.4 Å². The third-order valence-corrected chi connectivity index (χ3v) is 3.56. The Labute approximate surface area is 99.0 Å². The number of hydrogen-bond donors (Lipinski definition) is 0. The Morgan fingerprint density at radius 2 is 2.12 bits per heavy atom. The summed E-state index contributed by atoms with van der Waals surface area (Å²) in [6, 6.07) is 0. The summed E-state index contributed by atoms with van der Waals surface area (Å²) in [4.78, 5) is 0.678. The summed E-state index contributed by atoms with van der Waals surface area (Å²) in [7, 11) is -0.886. The topological polar surface area (TPSA) is 111 Å². The highest BCUT2D eigenvalue weighted by Crippen LogP contribution is 2.31. The molecule has 8 nitrogen and oxygen atoms in total. The van der Waals surface area contributed by atoms with E-state index in [2.05, 4.69) is 19.8 Å². The predicted molar refractivity (Wildman–Crippen MR) is 62.2 cm³/mol. The van der Waals surface area contributed by atoms with E-state index in [1.54, 1.807) is 26.2 Å². The molecule has 0 saturated carbocycles. The molecule has 0 aromatic heterocycles. The minimum Gasteiger partial charge on any atom is -0.285 e. The van der Waals surface area contributed by atoms with E-state index in [0.717, 1.165) is 0 Å². The highest BCUT2D eigenvalue weighted by Gasteiger charge is 2.41. The van der Waals surface area contributed by atoms with Crippen molar-refractivity contribution in [2.45, 2.75) is 11.3 Å². The molecular formula is C8H12N6O2S. The van der Waals surface area contributed by atoms with Crippen molar-refractivity contribution >= 4 is 10.0 Å². The number of hydrogen-bond acceptors (Lipinski definition) is 4. The molecule has 17 heavy (non-hydrogen) atoms. The molecule has 1 aliphatic carbocycles. The smallest absolute Gasteiger partial charge is 0.267 e. The molecule has 1 unspecified atom stereocenters. The molecule has 0 amide bonds. The largest absolute Gasteiger partial charge is 0.285 e. The number of azide groups is 1. The van der Waals surface area contributed by atoms with E-state index in [1.807, 2.05) is 0 Å². The Kier molecular flexibility index (Phi) is 3.87. The van der Waals surface area contributed by atoms with Crippen LogP contribution < -0.4 is 0 Å². The van der Waals surface area contributed by atoms with Gasteiger partial charge in [-0.1, -0.05) is 23.5 Å². The first-order chi connectivity index (χ1) is 7.93. The van der Waals surface area contributed by atoms with Gasteiger partial charge in [-0.15, -0.1) is 5.11 Å². The van der Waals surface area contributed by atoms with Crippen LogP contribution in [0.15, 0.2) is 39.2 Å². The van der Waals surface area contributed by atoms with E-state index in [0.29, 0.717) is 0 Å². The second-order valence-electron chi connectivity index (χ2n) is 3.52. The van der Waals surface area contributed by atoms with Gasteiger partial charge in [-0.3, -0.25) is 5.01 Å². The van der Waals surface area contributed by atoms with Crippen LogP contribution in [0, 0.1) is 0 Å². The molecule has 0 heterocycles. The fourth-order valence-corrected chi connectivity index (χ4v) is 2.12. The van der Waals surface area contributed by atoms with Gasteiger partial charge in [0.1, 0.15) is 0 Å². The van der Waals surface area contributed by atoms with Gasteiger partial charge in [0.2, 0.25) is 4.87 Å². The Balaban J connectivity index is 3.26. The lowest BCUT2D eigenvalue weighted by atomic mass is 10.1. The van der Waals surface area contributed by atoms with Gasteiger partial charge in [-0.2, -0.15) is 0 Å². The molecule has 9 heteroatoms. The fraction of sp³-hybridized carbons (Fsp3) is 0.500. The lowest BCUT2D eigenvalue weighted by Gasteiger charge is -2.22. The second kappa shape index (κ2) is 4.98. The number of allylic oxidation sites excluding steroid dienone is 2. The van der Waals surface area contributed by atoms with Gasteiger partial charge in [-0.25, -0.2) is 8.42 Å². The van der Waals surface area contributed by atoms with Gasteiger partial charge < -0.3 is 0 Å². The Morgan fingerprint density at radius 1 is 1.41 bits per heavy atom. The maximum atomic E-state index is 11.8. The maximum absolute atomic E-state index is 11.8. The van der Waals surface area contributed by atoms with Crippen LogP contribution >= 0.6 is 0 Å². The zero-order chi connectivity index (χ0) is 12.9. The van der Waals surface area contributed by atoms with Crippen LogP contribution in [0.5, 0.6) is 0 Å². The first-order valence-electron chi connectivity index (χ1n) is 4.69. The molecule has 0 saturated heterocycles. The molecule has 0 aliphatic heterocycles. The first kappa shape index (κ1) is 13.2. The van der Waals surface area contributed by atoms with Crippen LogP contribution in [0.4, 0.5) is 0 Å². The molecule has 0 aromatic carbocycles. The number of nitrogens with zero attached hydrogens (tertiary/aromatic N) is 6. The lowest BCUT2D eigenvalue weighted by Crippen LogP contribution is -2.33. The molecule has 92 valence electrons. The summed E-state index contributed by atoms with van der Waals surface area (Å²) < 4.78 is 26.5. The quantitative estimate of drug-likeness (QED) is 0.330. The van der Waals surface area contributed by atoms with Crippen LogP contribution in [0.2, 0.25) is 0 Å². The Morgan fingerprint density at radius 3 is 2.59 bits per heavy atom. The summed E-state index contributed by atoms with van der Waals surface area (Å²) in [6.07, 6.45) is 6.28. The Hall–Kier alpha value is -1.86. The summed E-state index contributed by atoms with van der Waals surface area (Å²) in [6.45, 7) is 0. The predicted octanol–water partition coefficient (Wildman–Crippen LogP) is 1.77. The number of rotatable bonds is 4. The third kappa shape index (κ3) is 2.83. The minimum absolute atomic E-state index is 0.0855. The standard InChI is InChI=1S/C8H12N6O2S/c1-14(2)12-10-8(6-4-3-5-7-8)17(15,16)13-11-9/h3-6H,7H2,1-2H3. The van der Waals surface area contributed by atoms with E-state index in [9.17, 15) is 8.42 Å². The van der Waals surface area contributed by atoms with Crippen molar-refractivity contribution in [3.05, 3.63) is 34.7 Å². The van der Waals surface area contributed by atoms with Gasteiger partial charge in [-0.05, 0) is 11.6 Å². The summed E-state index contributed by atoms with van der Waals surface area (Å²) >= 11 is 0. The summed E-state index contributed by atoms with van der Waals surface area (Å²) in [5.74, 6) is 0. The van der Waals surface area contributed by atoms with Gasteiger partial charge in [0.25, 0.3) is 10.0 Å². The highest BCUT2D eigenvalue weighted by atomic mass is 32.2. The van der Waals surface area contributed by atoms with Gasteiger partial charge in [0.15, 0.2) is 0 Å². The molecule has 0 aromatic rings. The second-order valence-corrected chi connectivity index (χ2v) is 5.34. The molecule has 0 radical (unpaired) electrons. The summed E-state index contributed by atoms with van der Waals surface area (Å²) in [5, 5.41) is 8.80. The summed E-state index contributed by atoms with van der Waals surface area (Å²) in [5.41, 5.74) is 8.28. The molecule has 0 bridgehead atoms. The fourth-order valence-electron chi connectivity index (χ4n) is 1.19. The van der Waals surface area contributed by atoms with Crippen molar-refractivity contribution < 1.29 is 8.42 Å². The van der Waals surface area contributed by atoms with Crippen molar-refractivity contribution in [3.63, 3.8) is 0 Å². The van der Waals surface area contributed by atoms with E-state index in [1.165, 1.54) is 17.2 Å². The van der Waals surface area contributed by atoms with Crippen LogP contribution in [-0.4, -0.2) is 32.4 Å². The van der Waals surface area contributed by atoms with Crippen molar-refractivity contribution in [2.24, 2.45) is 14.9 Å². The van der Waals surface area contributed by atoms with E-state index < -0.39 is 14.9 Å². The molecule has 0 fully saturated rings. The maximum Gasteiger partial charge on any atom is 0.267 e. The lowest BCUT2D eigenvalue weighted by molar-refractivity contribution is 0.383. The minimum atomic E-state index is -4.11. The average Bonchev–Trinajstić information content (AvgIpc) is 2.27. The molecule has 1 rings (SSSR count). The molecular weight excluding hydrogens is 244 g/mol. The highest BCUT2D eigenvalue weighted by molar-refractivity contribution is 7.91. The van der Waals surface area contributed by atoms with Gasteiger partial charge in [0, 0.05) is 29.9 Å². The van der Waals surface area contributed by atoms with E-state index in [4.69, 9.17) is 5.53 Å². The zero-order valence-electron chi connectivity index (χ0n) is 9.42. The van der Waals surface area contributed by atoms with Crippen molar-refractivity contribution in [3.8, 4) is 0 Å². The molecule has 1 aliphatic rings. The van der Waals surface area contributed by atoms with E-state index in [-0.39, 0.29) is 6.42 Å². The van der Waals surface area contributed by atoms with Crippen molar-refractivity contribution in [1.29, 1.82) is 0 Å². The first-order valence-corrected chi connectivity index (χ1v) is 6.13. The monoisotopic (exact) mass is 256 g/mol. The average molecular weight is 256 g/mol. The number of sulfonamides is 1. The Bertz CT molecular complexity index is 514. The van der Waals surface area contributed by atoms with Crippen molar-refractivity contribution in [1.82, 2.24) is 5.01 Å².